The molecular weight excluding hydrogens is 170 g/mol. The van der Waals surface area contributed by atoms with Crippen LogP contribution in [0.5, 0.6) is 0 Å². The van der Waals surface area contributed by atoms with Gasteiger partial charge in [0.2, 0.25) is 0 Å². The number of carboxylic acids is 1. The van der Waals surface area contributed by atoms with Crippen molar-refractivity contribution in [3.8, 4) is 0 Å². The number of carbonyl (C=O) groups is 1. The number of rotatable bonds is 8. The smallest absolute Gasteiger partial charge is 0.304 e. The van der Waals surface area contributed by atoms with E-state index in [9.17, 15) is 4.79 Å². The van der Waals surface area contributed by atoms with E-state index >= 15 is 0 Å². The summed E-state index contributed by atoms with van der Waals surface area (Å²) in [6.07, 6.45) is 1.23. The molecule has 0 atom stereocenters. The molecule has 13 heavy (non-hydrogen) atoms. The van der Waals surface area contributed by atoms with Gasteiger partial charge >= 0.3 is 5.97 Å². The molecule has 0 aromatic rings. The normalized spacial score (nSPS) is 10.7. The van der Waals surface area contributed by atoms with Crippen molar-refractivity contribution >= 4 is 5.97 Å². The monoisotopic (exact) mass is 189 g/mol. The Bertz CT molecular complexity index is 139. The van der Waals surface area contributed by atoms with Crippen LogP contribution in [0.4, 0.5) is 0 Å². The van der Waals surface area contributed by atoms with Crippen LogP contribution in [0.1, 0.15) is 19.8 Å². The molecule has 1 N–H and O–H groups in total. The molecule has 4 heteroatoms. The minimum absolute atomic E-state index is 0.199. The summed E-state index contributed by atoms with van der Waals surface area (Å²) in [5.41, 5.74) is 0. The fourth-order valence-corrected chi connectivity index (χ4v) is 0.865. The summed E-state index contributed by atoms with van der Waals surface area (Å²) in [5.74, 6) is -0.749. The van der Waals surface area contributed by atoms with E-state index in [1.807, 2.05) is 11.9 Å². The molecular formula is C9H19NO3. The lowest BCUT2D eigenvalue weighted by atomic mass is 10.4. The maximum Gasteiger partial charge on any atom is 0.304 e. The van der Waals surface area contributed by atoms with Crippen molar-refractivity contribution in [1.82, 2.24) is 4.90 Å². The van der Waals surface area contributed by atoms with E-state index in [-0.39, 0.29) is 6.42 Å². The van der Waals surface area contributed by atoms with Crippen LogP contribution in [-0.2, 0) is 9.53 Å². The van der Waals surface area contributed by atoms with Crippen LogP contribution in [0, 0.1) is 0 Å². The summed E-state index contributed by atoms with van der Waals surface area (Å²) in [4.78, 5) is 12.2. The Hall–Kier alpha value is -0.610. The minimum Gasteiger partial charge on any atom is -0.481 e. The number of carboxylic acid groups (broad SMARTS) is 1. The average molecular weight is 189 g/mol. The van der Waals surface area contributed by atoms with Gasteiger partial charge in [-0.15, -0.1) is 0 Å². The summed E-state index contributed by atoms with van der Waals surface area (Å²) in [7, 11) is 1.90. The largest absolute Gasteiger partial charge is 0.481 e. The third kappa shape index (κ3) is 9.30. The number of aliphatic carboxylic acids is 1. The first kappa shape index (κ1) is 12.4. The molecule has 0 aliphatic heterocycles. The molecule has 0 rings (SSSR count). The Labute approximate surface area is 79.5 Å². The summed E-state index contributed by atoms with van der Waals surface area (Å²) >= 11 is 0. The Morgan fingerprint density at radius 3 is 2.62 bits per heavy atom. The Kier molecular flexibility index (Phi) is 7.63. The van der Waals surface area contributed by atoms with Crippen LogP contribution in [0.15, 0.2) is 0 Å². The van der Waals surface area contributed by atoms with E-state index in [0.717, 1.165) is 19.6 Å². The summed E-state index contributed by atoms with van der Waals surface area (Å²) in [6.45, 7) is 4.92. The molecule has 0 spiro atoms. The van der Waals surface area contributed by atoms with Crippen molar-refractivity contribution in [3.05, 3.63) is 0 Å². The van der Waals surface area contributed by atoms with Crippen molar-refractivity contribution in [2.45, 2.75) is 19.8 Å². The maximum atomic E-state index is 10.2. The van der Waals surface area contributed by atoms with E-state index in [0.29, 0.717) is 13.2 Å². The minimum atomic E-state index is -0.749. The van der Waals surface area contributed by atoms with Gasteiger partial charge in [0, 0.05) is 19.7 Å². The fourth-order valence-electron chi connectivity index (χ4n) is 0.865. The fraction of sp³-hybridized carbons (Fsp3) is 0.889. The van der Waals surface area contributed by atoms with E-state index in [4.69, 9.17) is 9.84 Å². The predicted molar refractivity (Wildman–Crippen MR) is 50.9 cm³/mol. The highest BCUT2D eigenvalue weighted by molar-refractivity contribution is 5.66. The molecule has 0 aliphatic carbocycles. The van der Waals surface area contributed by atoms with Crippen molar-refractivity contribution in [3.63, 3.8) is 0 Å². The summed E-state index contributed by atoms with van der Waals surface area (Å²) in [6, 6.07) is 0. The lowest BCUT2D eigenvalue weighted by Gasteiger charge is -2.14. The van der Waals surface area contributed by atoms with E-state index in [2.05, 4.69) is 6.92 Å². The second kappa shape index (κ2) is 8.01. The quantitative estimate of drug-likeness (QED) is 0.574. The first-order valence-corrected chi connectivity index (χ1v) is 4.65. The first-order chi connectivity index (χ1) is 6.16. The molecule has 78 valence electrons. The molecule has 4 nitrogen and oxygen atoms in total. The number of likely N-dealkylation sites (N-methyl/N-ethyl adjacent to an activating group) is 1. The molecule has 0 radical (unpaired) electrons. The van der Waals surface area contributed by atoms with Gasteiger partial charge in [0.1, 0.15) is 0 Å². The second-order valence-electron chi connectivity index (χ2n) is 3.06. The van der Waals surface area contributed by atoms with Gasteiger partial charge in [0.25, 0.3) is 0 Å². The SMILES string of the molecule is CCCOCCN(C)CCC(=O)O. The van der Waals surface area contributed by atoms with Crippen LogP contribution >= 0.6 is 0 Å². The number of ether oxygens (including phenoxy) is 1. The molecule has 0 aliphatic rings. The highest BCUT2D eigenvalue weighted by Crippen LogP contribution is 1.88. The number of hydrogen-bond donors (Lipinski definition) is 1. The van der Waals surface area contributed by atoms with Gasteiger partial charge < -0.3 is 14.7 Å². The van der Waals surface area contributed by atoms with Crippen LogP contribution in [0.2, 0.25) is 0 Å². The van der Waals surface area contributed by atoms with Crippen LogP contribution in [-0.4, -0.2) is 49.3 Å². The summed E-state index contributed by atoms with van der Waals surface area (Å²) < 4.78 is 5.27. The number of nitrogens with zero attached hydrogens (tertiary/aromatic N) is 1. The van der Waals surface area contributed by atoms with E-state index < -0.39 is 5.97 Å². The van der Waals surface area contributed by atoms with Gasteiger partial charge in [0.05, 0.1) is 13.0 Å². The molecule has 0 amide bonds. The lowest BCUT2D eigenvalue weighted by molar-refractivity contribution is -0.137. The van der Waals surface area contributed by atoms with Gasteiger partial charge in [0.15, 0.2) is 0 Å². The Morgan fingerprint density at radius 2 is 2.08 bits per heavy atom. The molecule has 0 fully saturated rings. The maximum absolute atomic E-state index is 10.2. The number of hydrogen-bond acceptors (Lipinski definition) is 3. The summed E-state index contributed by atoms with van der Waals surface area (Å²) in [5, 5.41) is 8.41. The zero-order valence-corrected chi connectivity index (χ0v) is 8.45. The van der Waals surface area contributed by atoms with Gasteiger partial charge in [-0.3, -0.25) is 4.79 Å². The average Bonchev–Trinajstić information content (AvgIpc) is 2.09. The van der Waals surface area contributed by atoms with Gasteiger partial charge in [-0.05, 0) is 13.5 Å². The second-order valence-corrected chi connectivity index (χ2v) is 3.06. The van der Waals surface area contributed by atoms with Crippen molar-refractivity contribution in [1.29, 1.82) is 0 Å². The van der Waals surface area contributed by atoms with E-state index in [1.165, 1.54) is 0 Å². The van der Waals surface area contributed by atoms with Crippen molar-refractivity contribution < 1.29 is 14.6 Å². The molecule has 0 saturated heterocycles. The lowest BCUT2D eigenvalue weighted by Crippen LogP contribution is -2.25. The van der Waals surface area contributed by atoms with Gasteiger partial charge in [-0.25, -0.2) is 0 Å². The van der Waals surface area contributed by atoms with Gasteiger partial charge in [-0.1, -0.05) is 6.92 Å². The van der Waals surface area contributed by atoms with Crippen molar-refractivity contribution in [2.24, 2.45) is 0 Å². The Balaban J connectivity index is 3.19. The highest BCUT2D eigenvalue weighted by atomic mass is 16.5. The molecule has 0 aromatic carbocycles. The van der Waals surface area contributed by atoms with Crippen LogP contribution < -0.4 is 0 Å². The topological polar surface area (TPSA) is 49.8 Å². The molecule has 0 bridgehead atoms. The van der Waals surface area contributed by atoms with Gasteiger partial charge in [-0.2, -0.15) is 0 Å². The third-order valence-corrected chi connectivity index (χ3v) is 1.67. The van der Waals surface area contributed by atoms with E-state index in [1.54, 1.807) is 0 Å². The standard InChI is InChI=1S/C9H19NO3/c1-3-7-13-8-6-10(2)5-4-9(11)12/h3-8H2,1-2H3,(H,11,12). The third-order valence-electron chi connectivity index (χ3n) is 1.67. The first-order valence-electron chi connectivity index (χ1n) is 4.65. The zero-order chi connectivity index (χ0) is 10.1. The molecule has 0 unspecified atom stereocenters. The Morgan fingerprint density at radius 1 is 1.38 bits per heavy atom. The highest BCUT2D eigenvalue weighted by Gasteiger charge is 2.01. The predicted octanol–water partition coefficient (Wildman–Crippen LogP) is 0.820. The zero-order valence-electron chi connectivity index (χ0n) is 8.45. The van der Waals surface area contributed by atoms with Crippen molar-refractivity contribution in [2.75, 3.05) is 33.4 Å². The molecule has 0 heterocycles. The van der Waals surface area contributed by atoms with Crippen LogP contribution in [0.25, 0.3) is 0 Å². The molecule has 0 aromatic heterocycles. The molecule has 0 saturated carbocycles. The van der Waals surface area contributed by atoms with Crippen LogP contribution in [0.3, 0.4) is 0 Å².